The molecule has 2 amide bonds. The van der Waals surface area contributed by atoms with E-state index in [1.807, 2.05) is 39.0 Å². The second-order valence-corrected chi connectivity index (χ2v) is 5.59. The molecule has 0 aliphatic rings. The van der Waals surface area contributed by atoms with Gasteiger partial charge in [-0.2, -0.15) is 0 Å². The fourth-order valence-corrected chi connectivity index (χ4v) is 2.19. The van der Waals surface area contributed by atoms with E-state index < -0.39 is 0 Å². The third-order valence-electron chi connectivity index (χ3n) is 3.49. The van der Waals surface area contributed by atoms with Gasteiger partial charge in [-0.15, -0.1) is 0 Å². The molecular weight excluding hydrogens is 300 g/mol. The lowest BCUT2D eigenvalue weighted by Gasteiger charge is -2.13. The SMILES string of the molecule is COc1cc(Cl)c(C)cc1NC(=O)Nc1ccc(C)c(C)c1. The zero-order valence-electron chi connectivity index (χ0n) is 13.1. The first kappa shape index (κ1) is 16.2. The first-order chi connectivity index (χ1) is 10.4. The van der Waals surface area contributed by atoms with Gasteiger partial charge in [-0.25, -0.2) is 4.79 Å². The maximum Gasteiger partial charge on any atom is 0.323 e. The molecule has 0 fully saturated rings. The van der Waals surface area contributed by atoms with Crippen molar-refractivity contribution in [2.24, 2.45) is 0 Å². The molecule has 116 valence electrons. The Morgan fingerprint density at radius 1 is 1.00 bits per heavy atom. The molecule has 0 spiro atoms. The van der Waals surface area contributed by atoms with Gasteiger partial charge in [0.2, 0.25) is 0 Å². The molecule has 0 radical (unpaired) electrons. The molecule has 22 heavy (non-hydrogen) atoms. The number of benzene rings is 2. The minimum atomic E-state index is -0.330. The van der Waals surface area contributed by atoms with Crippen LogP contribution in [-0.4, -0.2) is 13.1 Å². The van der Waals surface area contributed by atoms with Crippen LogP contribution in [0.15, 0.2) is 30.3 Å². The molecule has 0 unspecified atom stereocenters. The van der Waals surface area contributed by atoms with Crippen LogP contribution < -0.4 is 15.4 Å². The zero-order valence-corrected chi connectivity index (χ0v) is 13.8. The smallest absolute Gasteiger partial charge is 0.323 e. The average molecular weight is 319 g/mol. The number of nitrogens with one attached hydrogen (secondary N) is 2. The molecule has 0 bridgehead atoms. The quantitative estimate of drug-likeness (QED) is 0.844. The van der Waals surface area contributed by atoms with E-state index in [-0.39, 0.29) is 6.03 Å². The van der Waals surface area contributed by atoms with Crippen LogP contribution in [-0.2, 0) is 0 Å². The molecule has 0 aliphatic heterocycles. The van der Waals surface area contributed by atoms with E-state index in [0.717, 1.165) is 16.8 Å². The predicted molar refractivity (Wildman–Crippen MR) is 91.3 cm³/mol. The Morgan fingerprint density at radius 3 is 2.36 bits per heavy atom. The standard InChI is InChI=1S/C17H19ClN2O2/c1-10-5-6-13(7-11(10)2)19-17(21)20-15-8-12(3)14(18)9-16(15)22-4/h5-9H,1-4H3,(H2,19,20,21). The Morgan fingerprint density at radius 2 is 1.73 bits per heavy atom. The van der Waals surface area contributed by atoms with Crippen LogP contribution in [0.5, 0.6) is 5.75 Å². The number of ether oxygens (including phenoxy) is 1. The summed E-state index contributed by atoms with van der Waals surface area (Å²) in [5.41, 5.74) is 4.48. The fraction of sp³-hybridized carbons (Fsp3) is 0.235. The molecule has 0 aliphatic carbocycles. The number of carbonyl (C=O) groups is 1. The van der Waals surface area contributed by atoms with Crippen LogP contribution in [0.3, 0.4) is 0 Å². The number of carbonyl (C=O) groups excluding carboxylic acids is 1. The lowest BCUT2D eigenvalue weighted by Crippen LogP contribution is -2.20. The number of anilines is 2. The number of aryl methyl sites for hydroxylation is 3. The van der Waals surface area contributed by atoms with Crippen LogP contribution in [0.1, 0.15) is 16.7 Å². The van der Waals surface area contributed by atoms with Crippen LogP contribution >= 0.6 is 11.6 Å². The number of hydrogen-bond donors (Lipinski definition) is 2. The lowest BCUT2D eigenvalue weighted by molar-refractivity contribution is 0.262. The van der Waals surface area contributed by atoms with Gasteiger partial charge >= 0.3 is 6.03 Å². The van der Waals surface area contributed by atoms with Crippen molar-refractivity contribution in [2.75, 3.05) is 17.7 Å². The number of amides is 2. The number of hydrogen-bond acceptors (Lipinski definition) is 2. The summed E-state index contributed by atoms with van der Waals surface area (Å²) < 4.78 is 5.24. The molecule has 0 atom stereocenters. The number of methoxy groups -OCH3 is 1. The maximum absolute atomic E-state index is 12.1. The molecule has 4 nitrogen and oxygen atoms in total. The third kappa shape index (κ3) is 3.71. The molecule has 0 saturated heterocycles. The van der Waals surface area contributed by atoms with Crippen molar-refractivity contribution in [3.8, 4) is 5.75 Å². The lowest BCUT2D eigenvalue weighted by atomic mass is 10.1. The summed E-state index contributed by atoms with van der Waals surface area (Å²) in [6.07, 6.45) is 0. The summed E-state index contributed by atoms with van der Waals surface area (Å²) in [6.45, 7) is 5.90. The van der Waals surface area contributed by atoms with E-state index in [1.165, 1.54) is 12.7 Å². The topological polar surface area (TPSA) is 50.4 Å². The maximum atomic E-state index is 12.1. The van der Waals surface area contributed by atoms with Gasteiger partial charge in [0.15, 0.2) is 0 Å². The second kappa shape index (κ2) is 6.71. The molecule has 2 aromatic carbocycles. The summed E-state index contributed by atoms with van der Waals surface area (Å²) >= 11 is 6.05. The van der Waals surface area contributed by atoms with Gasteiger partial charge in [0, 0.05) is 16.8 Å². The van der Waals surface area contributed by atoms with Crippen molar-refractivity contribution >= 4 is 29.0 Å². The van der Waals surface area contributed by atoms with Gasteiger partial charge in [0.25, 0.3) is 0 Å². The van der Waals surface area contributed by atoms with Crippen LogP contribution in [0.2, 0.25) is 5.02 Å². The minimum absolute atomic E-state index is 0.330. The van der Waals surface area contributed by atoms with Gasteiger partial charge < -0.3 is 15.4 Å². The monoisotopic (exact) mass is 318 g/mol. The van der Waals surface area contributed by atoms with Crippen LogP contribution in [0.4, 0.5) is 16.2 Å². The van der Waals surface area contributed by atoms with Gasteiger partial charge in [-0.1, -0.05) is 17.7 Å². The minimum Gasteiger partial charge on any atom is -0.495 e. The first-order valence-electron chi connectivity index (χ1n) is 6.90. The van der Waals surface area contributed by atoms with Crippen LogP contribution in [0.25, 0.3) is 0 Å². The first-order valence-corrected chi connectivity index (χ1v) is 7.28. The molecular formula is C17H19ClN2O2. The zero-order chi connectivity index (χ0) is 16.3. The van der Waals surface area contributed by atoms with Crippen molar-refractivity contribution in [1.29, 1.82) is 0 Å². The number of rotatable bonds is 3. The van der Waals surface area contributed by atoms with E-state index in [2.05, 4.69) is 10.6 Å². The highest BCUT2D eigenvalue weighted by molar-refractivity contribution is 6.31. The van der Waals surface area contributed by atoms with Crippen molar-refractivity contribution < 1.29 is 9.53 Å². The van der Waals surface area contributed by atoms with Crippen molar-refractivity contribution in [2.45, 2.75) is 20.8 Å². The summed E-state index contributed by atoms with van der Waals surface area (Å²) in [7, 11) is 1.54. The Balaban J connectivity index is 2.15. The molecule has 0 saturated carbocycles. The van der Waals surface area contributed by atoms with E-state index in [1.54, 1.807) is 12.1 Å². The van der Waals surface area contributed by atoms with Crippen molar-refractivity contribution in [1.82, 2.24) is 0 Å². The third-order valence-corrected chi connectivity index (χ3v) is 3.90. The van der Waals surface area contributed by atoms with Gasteiger partial charge in [0.05, 0.1) is 12.8 Å². The van der Waals surface area contributed by atoms with E-state index in [4.69, 9.17) is 16.3 Å². The molecule has 2 N–H and O–H groups in total. The largest absolute Gasteiger partial charge is 0.495 e. The highest BCUT2D eigenvalue weighted by Crippen LogP contribution is 2.31. The Kier molecular flexibility index (Phi) is 4.93. The average Bonchev–Trinajstić information content (AvgIpc) is 2.46. The highest BCUT2D eigenvalue weighted by Gasteiger charge is 2.10. The highest BCUT2D eigenvalue weighted by atomic mass is 35.5. The summed E-state index contributed by atoms with van der Waals surface area (Å²) in [5.74, 6) is 0.519. The van der Waals surface area contributed by atoms with E-state index >= 15 is 0 Å². The molecule has 2 rings (SSSR count). The second-order valence-electron chi connectivity index (χ2n) is 5.18. The summed E-state index contributed by atoms with van der Waals surface area (Å²) in [6, 6.07) is 8.90. The Hall–Kier alpha value is -2.20. The fourth-order valence-electron chi connectivity index (χ4n) is 2.03. The number of halogens is 1. The van der Waals surface area contributed by atoms with Gasteiger partial charge in [-0.05, 0) is 55.7 Å². The van der Waals surface area contributed by atoms with Crippen molar-refractivity contribution in [3.63, 3.8) is 0 Å². The van der Waals surface area contributed by atoms with Gasteiger partial charge in [0.1, 0.15) is 5.75 Å². The van der Waals surface area contributed by atoms with E-state index in [0.29, 0.717) is 16.5 Å². The van der Waals surface area contributed by atoms with Gasteiger partial charge in [-0.3, -0.25) is 0 Å². The molecule has 2 aromatic rings. The summed E-state index contributed by atoms with van der Waals surface area (Å²) in [4.78, 5) is 12.1. The Labute approximate surface area is 135 Å². The molecule has 0 aromatic heterocycles. The normalized spacial score (nSPS) is 10.2. The van der Waals surface area contributed by atoms with E-state index in [9.17, 15) is 4.79 Å². The van der Waals surface area contributed by atoms with Crippen molar-refractivity contribution in [3.05, 3.63) is 52.0 Å². The molecule has 5 heteroatoms. The predicted octanol–water partition coefficient (Wildman–Crippen LogP) is 4.92. The number of urea groups is 1. The Bertz CT molecular complexity index is 714. The van der Waals surface area contributed by atoms with Crippen LogP contribution in [0, 0.1) is 20.8 Å². The summed E-state index contributed by atoms with van der Waals surface area (Å²) in [5, 5.41) is 6.18. The molecule has 0 heterocycles.